The summed E-state index contributed by atoms with van der Waals surface area (Å²) >= 11 is 0. The fourth-order valence-corrected chi connectivity index (χ4v) is 4.94. The smallest absolute Gasteiger partial charge is 0.0155 e. The third-order valence-electron chi connectivity index (χ3n) is 6.10. The zero-order valence-electron chi connectivity index (χ0n) is 13.1. The zero-order chi connectivity index (χ0) is 14.2. The van der Waals surface area contributed by atoms with Crippen molar-refractivity contribution >= 4 is 10.8 Å². The molecule has 2 aliphatic carbocycles. The van der Waals surface area contributed by atoms with Gasteiger partial charge in [-0.25, -0.2) is 0 Å². The predicted octanol–water partition coefficient (Wildman–Crippen LogP) is 6.22. The number of fused-ring (bicyclic) bond motifs is 2. The number of hydrogen-bond acceptors (Lipinski definition) is 0. The van der Waals surface area contributed by atoms with Gasteiger partial charge in [-0.05, 0) is 65.8 Å². The Morgan fingerprint density at radius 2 is 1.67 bits per heavy atom. The number of hydrogen-bond donors (Lipinski definition) is 0. The summed E-state index contributed by atoms with van der Waals surface area (Å²) in [4.78, 5) is 0. The van der Waals surface area contributed by atoms with E-state index < -0.39 is 0 Å². The molecule has 0 N–H and O–H groups in total. The maximum absolute atomic E-state index is 2.47. The van der Waals surface area contributed by atoms with Crippen molar-refractivity contribution in [3.63, 3.8) is 0 Å². The Morgan fingerprint density at radius 1 is 0.857 bits per heavy atom. The third-order valence-corrected chi connectivity index (χ3v) is 6.10. The highest BCUT2D eigenvalue weighted by Crippen LogP contribution is 2.46. The van der Waals surface area contributed by atoms with E-state index in [0.29, 0.717) is 0 Å². The van der Waals surface area contributed by atoms with Crippen LogP contribution in [-0.2, 0) is 0 Å². The predicted molar refractivity (Wildman–Crippen MR) is 90.7 cm³/mol. The molecule has 4 rings (SSSR count). The minimum Gasteiger partial charge on any atom is -0.0616 e. The van der Waals surface area contributed by atoms with Crippen molar-refractivity contribution in [1.82, 2.24) is 0 Å². The van der Waals surface area contributed by atoms with E-state index in [2.05, 4.69) is 43.3 Å². The molecule has 2 fully saturated rings. The van der Waals surface area contributed by atoms with E-state index >= 15 is 0 Å². The van der Waals surface area contributed by atoms with Gasteiger partial charge in [0.2, 0.25) is 0 Å². The van der Waals surface area contributed by atoms with Crippen molar-refractivity contribution in [2.24, 2.45) is 11.8 Å². The van der Waals surface area contributed by atoms with Crippen LogP contribution in [0.3, 0.4) is 0 Å². The molecule has 0 heteroatoms. The van der Waals surface area contributed by atoms with Crippen LogP contribution in [0.2, 0.25) is 0 Å². The first-order chi connectivity index (χ1) is 10.3. The standard InChI is InChI=1S/C21H26/c1-15-12-20(14-19-8-4-5-9-21(15)19)18-11-10-16-6-2-3-7-17(16)13-18/h4-5,8-9,12,14,16-18H,2-3,6-7,10-11,13H2,1H3. The fraction of sp³-hybridized carbons (Fsp3) is 0.524. The average Bonchev–Trinajstić information content (AvgIpc) is 2.54. The summed E-state index contributed by atoms with van der Waals surface area (Å²) in [6, 6.07) is 13.8. The molecule has 0 saturated heterocycles. The maximum atomic E-state index is 2.47. The van der Waals surface area contributed by atoms with E-state index in [0.717, 1.165) is 17.8 Å². The van der Waals surface area contributed by atoms with Crippen LogP contribution >= 0.6 is 0 Å². The molecule has 2 aromatic carbocycles. The fourth-order valence-electron chi connectivity index (χ4n) is 4.94. The van der Waals surface area contributed by atoms with Crippen LogP contribution in [0, 0.1) is 18.8 Å². The van der Waals surface area contributed by atoms with Gasteiger partial charge < -0.3 is 0 Å². The lowest BCUT2D eigenvalue weighted by Crippen LogP contribution is -2.26. The van der Waals surface area contributed by atoms with E-state index in [1.807, 2.05) is 0 Å². The monoisotopic (exact) mass is 278 g/mol. The van der Waals surface area contributed by atoms with Gasteiger partial charge in [0, 0.05) is 0 Å². The van der Waals surface area contributed by atoms with E-state index in [1.165, 1.54) is 61.3 Å². The van der Waals surface area contributed by atoms with Crippen LogP contribution in [0.1, 0.15) is 62.0 Å². The molecule has 110 valence electrons. The first-order valence-electron chi connectivity index (χ1n) is 8.80. The molecule has 0 aliphatic heterocycles. The number of benzene rings is 2. The third kappa shape index (κ3) is 2.50. The van der Waals surface area contributed by atoms with Crippen LogP contribution in [-0.4, -0.2) is 0 Å². The minimum absolute atomic E-state index is 0.813. The van der Waals surface area contributed by atoms with Crippen molar-refractivity contribution in [3.05, 3.63) is 47.5 Å². The van der Waals surface area contributed by atoms with Crippen molar-refractivity contribution in [3.8, 4) is 0 Å². The Bertz CT molecular complexity index is 640. The van der Waals surface area contributed by atoms with E-state index in [9.17, 15) is 0 Å². The van der Waals surface area contributed by atoms with Crippen molar-refractivity contribution in [2.45, 2.75) is 57.8 Å². The Kier molecular flexibility index (Phi) is 3.49. The lowest BCUT2D eigenvalue weighted by molar-refractivity contribution is 0.155. The highest BCUT2D eigenvalue weighted by atomic mass is 14.4. The molecule has 0 spiro atoms. The summed E-state index contributed by atoms with van der Waals surface area (Å²) < 4.78 is 0. The quantitative estimate of drug-likeness (QED) is 0.580. The van der Waals surface area contributed by atoms with E-state index in [-0.39, 0.29) is 0 Å². The van der Waals surface area contributed by atoms with Crippen LogP contribution in [0.4, 0.5) is 0 Å². The summed E-state index contributed by atoms with van der Waals surface area (Å²) in [5.74, 6) is 2.88. The molecule has 2 saturated carbocycles. The Morgan fingerprint density at radius 3 is 2.57 bits per heavy atom. The maximum Gasteiger partial charge on any atom is -0.0155 e. The zero-order valence-corrected chi connectivity index (χ0v) is 13.1. The Labute approximate surface area is 128 Å². The molecule has 0 amide bonds. The van der Waals surface area contributed by atoms with E-state index in [1.54, 1.807) is 5.56 Å². The molecule has 0 radical (unpaired) electrons. The molecule has 3 atom stereocenters. The summed E-state index contributed by atoms with van der Waals surface area (Å²) in [5.41, 5.74) is 3.06. The van der Waals surface area contributed by atoms with Gasteiger partial charge in [0.15, 0.2) is 0 Å². The van der Waals surface area contributed by atoms with Gasteiger partial charge in [0.05, 0.1) is 0 Å². The molecule has 0 bridgehead atoms. The number of aryl methyl sites for hydroxylation is 1. The lowest BCUT2D eigenvalue weighted by atomic mass is 9.66. The van der Waals surface area contributed by atoms with Crippen LogP contribution in [0.5, 0.6) is 0 Å². The summed E-state index contributed by atoms with van der Waals surface area (Å²) in [5, 5.41) is 2.85. The molecule has 21 heavy (non-hydrogen) atoms. The Hall–Kier alpha value is -1.30. The van der Waals surface area contributed by atoms with Gasteiger partial charge in [-0.3, -0.25) is 0 Å². The minimum atomic E-state index is 0.813. The summed E-state index contributed by atoms with van der Waals surface area (Å²) in [6.45, 7) is 2.28. The first kappa shape index (κ1) is 13.4. The molecule has 3 unspecified atom stereocenters. The largest absolute Gasteiger partial charge is 0.0616 e. The molecule has 0 nitrogen and oxygen atoms in total. The molecule has 0 heterocycles. The van der Waals surface area contributed by atoms with Crippen LogP contribution in [0.15, 0.2) is 36.4 Å². The van der Waals surface area contributed by atoms with Gasteiger partial charge in [-0.1, -0.05) is 62.1 Å². The van der Waals surface area contributed by atoms with Crippen LogP contribution < -0.4 is 0 Å². The second-order valence-electron chi connectivity index (χ2n) is 7.37. The van der Waals surface area contributed by atoms with Crippen molar-refractivity contribution in [2.75, 3.05) is 0 Å². The molecular weight excluding hydrogens is 252 g/mol. The second-order valence-corrected chi connectivity index (χ2v) is 7.37. The summed E-state index contributed by atoms with van der Waals surface area (Å²) in [6.07, 6.45) is 10.3. The lowest BCUT2D eigenvalue weighted by Gasteiger charge is -2.39. The molecule has 2 aliphatic rings. The Balaban J connectivity index is 1.64. The van der Waals surface area contributed by atoms with Gasteiger partial charge in [-0.2, -0.15) is 0 Å². The molecular formula is C21H26. The number of rotatable bonds is 1. The van der Waals surface area contributed by atoms with Crippen LogP contribution in [0.25, 0.3) is 10.8 Å². The van der Waals surface area contributed by atoms with Crippen molar-refractivity contribution < 1.29 is 0 Å². The SMILES string of the molecule is Cc1cc(C2CCC3CCCCC3C2)cc2ccccc12. The highest BCUT2D eigenvalue weighted by molar-refractivity contribution is 5.86. The van der Waals surface area contributed by atoms with Gasteiger partial charge >= 0.3 is 0 Å². The highest BCUT2D eigenvalue weighted by Gasteiger charge is 2.32. The van der Waals surface area contributed by atoms with Gasteiger partial charge in [-0.15, -0.1) is 0 Å². The normalized spacial score (nSPS) is 29.3. The van der Waals surface area contributed by atoms with Gasteiger partial charge in [0.1, 0.15) is 0 Å². The van der Waals surface area contributed by atoms with Gasteiger partial charge in [0.25, 0.3) is 0 Å². The summed E-state index contributed by atoms with van der Waals surface area (Å²) in [7, 11) is 0. The average molecular weight is 278 g/mol. The van der Waals surface area contributed by atoms with Crippen molar-refractivity contribution in [1.29, 1.82) is 0 Å². The first-order valence-corrected chi connectivity index (χ1v) is 8.80. The molecule has 2 aromatic rings. The second kappa shape index (κ2) is 5.48. The van der Waals surface area contributed by atoms with E-state index in [4.69, 9.17) is 0 Å². The molecule has 0 aromatic heterocycles. The topological polar surface area (TPSA) is 0 Å².